The number of fused-ring (bicyclic) bond motifs is 1. The van der Waals surface area contributed by atoms with E-state index in [0.29, 0.717) is 18.9 Å². The van der Waals surface area contributed by atoms with Gasteiger partial charge in [-0.05, 0) is 25.0 Å². The number of ketones is 1. The zero-order valence-corrected chi connectivity index (χ0v) is 12.2. The van der Waals surface area contributed by atoms with Crippen molar-refractivity contribution in [3.05, 3.63) is 41.5 Å². The second-order valence-electron chi connectivity index (χ2n) is 5.32. The molecule has 2 heterocycles. The second-order valence-corrected chi connectivity index (χ2v) is 5.32. The average Bonchev–Trinajstić information content (AvgIpc) is 2.87. The zero-order valence-electron chi connectivity index (χ0n) is 12.2. The van der Waals surface area contributed by atoms with Crippen molar-refractivity contribution in [3.63, 3.8) is 0 Å². The summed E-state index contributed by atoms with van der Waals surface area (Å²) in [7, 11) is 0. The number of carbonyl (C=O) groups is 1. The van der Waals surface area contributed by atoms with E-state index in [4.69, 9.17) is 4.52 Å². The first-order valence-electron chi connectivity index (χ1n) is 7.46. The van der Waals surface area contributed by atoms with Crippen LogP contribution in [0.15, 0.2) is 28.8 Å². The number of benzene rings is 1. The van der Waals surface area contributed by atoms with Gasteiger partial charge in [-0.15, -0.1) is 0 Å². The van der Waals surface area contributed by atoms with Gasteiger partial charge in [-0.25, -0.2) is 0 Å². The Balaban J connectivity index is 1.84. The lowest BCUT2D eigenvalue weighted by Crippen LogP contribution is -2.23. The van der Waals surface area contributed by atoms with Crippen LogP contribution in [0.1, 0.15) is 48.3 Å². The van der Waals surface area contributed by atoms with E-state index >= 15 is 0 Å². The maximum Gasteiger partial charge on any atom is 0.246 e. The molecule has 2 aromatic rings. The summed E-state index contributed by atoms with van der Waals surface area (Å²) in [5, 5.41) is 3.99. The Kier molecular flexibility index (Phi) is 3.99. The van der Waals surface area contributed by atoms with E-state index in [1.54, 1.807) is 0 Å². The first-order valence-corrected chi connectivity index (χ1v) is 7.46. The van der Waals surface area contributed by atoms with Gasteiger partial charge in [0.25, 0.3) is 0 Å². The van der Waals surface area contributed by atoms with Crippen molar-refractivity contribution in [2.75, 3.05) is 11.4 Å². The molecule has 1 aromatic heterocycles. The molecule has 0 saturated carbocycles. The van der Waals surface area contributed by atoms with Gasteiger partial charge in [0.1, 0.15) is 0 Å². The third kappa shape index (κ3) is 2.96. The molecule has 1 aromatic carbocycles. The van der Waals surface area contributed by atoms with Crippen LogP contribution in [-0.4, -0.2) is 22.5 Å². The number of carbonyl (C=O) groups excluding carboxylic acids is 1. The molecule has 1 aliphatic rings. The predicted octanol–water partition coefficient (Wildman–Crippen LogP) is 3.01. The Morgan fingerprint density at radius 1 is 1.33 bits per heavy atom. The monoisotopic (exact) mass is 285 g/mol. The first-order chi connectivity index (χ1) is 10.3. The number of aryl methyl sites for hydroxylation is 1. The fourth-order valence-corrected chi connectivity index (χ4v) is 2.68. The number of anilines is 1. The van der Waals surface area contributed by atoms with Gasteiger partial charge in [0.05, 0.1) is 6.54 Å². The molecule has 1 aliphatic heterocycles. The molecule has 0 bridgehead atoms. The van der Waals surface area contributed by atoms with Crippen LogP contribution in [0.3, 0.4) is 0 Å². The van der Waals surface area contributed by atoms with E-state index in [1.165, 1.54) is 0 Å². The molecule has 21 heavy (non-hydrogen) atoms. The molecule has 0 unspecified atom stereocenters. The molecule has 0 radical (unpaired) electrons. The summed E-state index contributed by atoms with van der Waals surface area (Å²) in [5.41, 5.74) is 1.76. The minimum atomic E-state index is 0.213. The van der Waals surface area contributed by atoms with Gasteiger partial charge in [-0.1, -0.05) is 24.2 Å². The van der Waals surface area contributed by atoms with Crippen LogP contribution in [0.4, 0.5) is 5.69 Å². The van der Waals surface area contributed by atoms with Gasteiger partial charge in [-0.2, -0.15) is 4.98 Å². The van der Waals surface area contributed by atoms with Crippen LogP contribution in [0.2, 0.25) is 0 Å². The van der Waals surface area contributed by atoms with Gasteiger partial charge in [0, 0.05) is 30.6 Å². The van der Waals surface area contributed by atoms with E-state index in [2.05, 4.69) is 22.0 Å². The van der Waals surface area contributed by atoms with Crippen LogP contribution < -0.4 is 4.90 Å². The number of hydrogen-bond donors (Lipinski definition) is 0. The standard InChI is InChI=1S/C16H19N3O2/c1-2-6-15-17-16(21-18-15)11-19-10-5-9-14(20)12-7-3-4-8-13(12)19/h3-4,7-8H,2,5-6,9-11H2,1H3. The van der Waals surface area contributed by atoms with Crippen LogP contribution in [0.25, 0.3) is 0 Å². The Morgan fingerprint density at radius 2 is 2.19 bits per heavy atom. The van der Waals surface area contributed by atoms with Crippen LogP contribution >= 0.6 is 0 Å². The normalized spacial score (nSPS) is 14.9. The van der Waals surface area contributed by atoms with Crippen molar-refractivity contribution < 1.29 is 9.32 Å². The van der Waals surface area contributed by atoms with Crippen LogP contribution in [0.5, 0.6) is 0 Å². The highest BCUT2D eigenvalue weighted by Gasteiger charge is 2.22. The highest BCUT2D eigenvalue weighted by molar-refractivity contribution is 6.01. The first kappa shape index (κ1) is 13.8. The number of nitrogens with zero attached hydrogens (tertiary/aromatic N) is 3. The molecular weight excluding hydrogens is 266 g/mol. The number of rotatable bonds is 4. The fraction of sp³-hybridized carbons (Fsp3) is 0.438. The second kappa shape index (κ2) is 6.08. The van der Waals surface area contributed by atoms with Crippen molar-refractivity contribution in [2.24, 2.45) is 0 Å². The highest BCUT2D eigenvalue weighted by atomic mass is 16.5. The van der Waals surface area contributed by atoms with E-state index in [-0.39, 0.29) is 5.78 Å². The Morgan fingerprint density at radius 3 is 3.05 bits per heavy atom. The lowest BCUT2D eigenvalue weighted by Gasteiger charge is -2.22. The van der Waals surface area contributed by atoms with Crippen LogP contribution in [-0.2, 0) is 13.0 Å². The Labute approximate surface area is 124 Å². The summed E-state index contributed by atoms with van der Waals surface area (Å²) in [4.78, 5) is 18.7. The molecule has 0 N–H and O–H groups in total. The van der Waals surface area contributed by atoms with Crippen molar-refractivity contribution in [1.82, 2.24) is 10.1 Å². The van der Waals surface area contributed by atoms with E-state index in [0.717, 1.165) is 42.9 Å². The molecule has 0 aliphatic carbocycles. The largest absolute Gasteiger partial charge is 0.362 e. The van der Waals surface area contributed by atoms with Crippen molar-refractivity contribution in [1.29, 1.82) is 0 Å². The molecular formula is C16H19N3O2. The zero-order chi connectivity index (χ0) is 14.7. The quantitative estimate of drug-likeness (QED) is 0.864. The van der Waals surface area contributed by atoms with Crippen molar-refractivity contribution in [3.8, 4) is 0 Å². The van der Waals surface area contributed by atoms with E-state index < -0.39 is 0 Å². The van der Waals surface area contributed by atoms with E-state index in [9.17, 15) is 4.79 Å². The molecule has 5 nitrogen and oxygen atoms in total. The van der Waals surface area contributed by atoms with E-state index in [1.807, 2.05) is 24.3 Å². The topological polar surface area (TPSA) is 59.2 Å². The molecule has 0 spiro atoms. The molecule has 3 rings (SSSR count). The SMILES string of the molecule is CCCc1noc(CN2CCCC(=O)c3ccccc32)n1. The summed E-state index contributed by atoms with van der Waals surface area (Å²) in [6.07, 6.45) is 3.28. The predicted molar refractivity (Wildman–Crippen MR) is 79.3 cm³/mol. The highest BCUT2D eigenvalue weighted by Crippen LogP contribution is 2.27. The molecule has 0 atom stereocenters. The summed E-state index contributed by atoms with van der Waals surface area (Å²) in [5.74, 6) is 1.58. The molecule has 5 heteroatoms. The fourth-order valence-electron chi connectivity index (χ4n) is 2.68. The summed E-state index contributed by atoms with van der Waals surface area (Å²) < 4.78 is 5.31. The maximum absolute atomic E-state index is 12.1. The number of Topliss-reactive ketones (excluding diaryl/α,β-unsaturated/α-hetero) is 1. The molecule has 0 fully saturated rings. The Bertz CT molecular complexity index is 636. The van der Waals surface area contributed by atoms with Gasteiger partial charge in [-0.3, -0.25) is 4.79 Å². The smallest absolute Gasteiger partial charge is 0.246 e. The summed E-state index contributed by atoms with van der Waals surface area (Å²) in [6, 6.07) is 7.75. The lowest BCUT2D eigenvalue weighted by atomic mass is 10.1. The van der Waals surface area contributed by atoms with Gasteiger partial charge in [0.15, 0.2) is 11.6 Å². The molecule has 0 amide bonds. The third-order valence-electron chi connectivity index (χ3n) is 3.69. The van der Waals surface area contributed by atoms with Crippen molar-refractivity contribution in [2.45, 2.75) is 39.2 Å². The molecule has 110 valence electrons. The van der Waals surface area contributed by atoms with Gasteiger partial charge >= 0.3 is 0 Å². The minimum Gasteiger partial charge on any atom is -0.362 e. The lowest BCUT2D eigenvalue weighted by molar-refractivity contribution is 0.0984. The Hall–Kier alpha value is -2.17. The maximum atomic E-state index is 12.1. The summed E-state index contributed by atoms with van der Waals surface area (Å²) >= 11 is 0. The van der Waals surface area contributed by atoms with Crippen molar-refractivity contribution >= 4 is 11.5 Å². The van der Waals surface area contributed by atoms with Gasteiger partial charge in [0.2, 0.25) is 5.89 Å². The van der Waals surface area contributed by atoms with Gasteiger partial charge < -0.3 is 9.42 Å². The number of para-hydroxylation sites is 1. The minimum absolute atomic E-state index is 0.213. The third-order valence-corrected chi connectivity index (χ3v) is 3.69. The summed E-state index contributed by atoms with van der Waals surface area (Å²) in [6.45, 7) is 3.47. The average molecular weight is 285 g/mol. The number of aromatic nitrogens is 2. The number of hydrogen-bond acceptors (Lipinski definition) is 5. The molecule has 0 saturated heterocycles. The van der Waals surface area contributed by atoms with Crippen LogP contribution in [0, 0.1) is 0 Å².